The molecule has 7 heteroatoms. The van der Waals surface area contributed by atoms with Crippen LogP contribution < -0.4 is 5.32 Å². The average Bonchev–Trinajstić information content (AvgIpc) is 1.96. The standard InChI is InChI=1S/C6H14N2.C2HF3O2/c1-8(2)5-6-3-4-7-6;3-2(4,5)1(6)7/h6-7H,3-5H2,1-2H3;(H,6,7)/t6-;/m0./s1. The Morgan fingerprint density at radius 1 is 1.53 bits per heavy atom. The van der Waals surface area contributed by atoms with Gasteiger partial charge in [-0.05, 0) is 27.1 Å². The molecule has 0 amide bonds. The van der Waals surface area contributed by atoms with E-state index in [9.17, 15) is 13.2 Å². The lowest BCUT2D eigenvalue weighted by molar-refractivity contribution is -0.192. The molecule has 1 heterocycles. The van der Waals surface area contributed by atoms with Crippen molar-refractivity contribution in [1.29, 1.82) is 0 Å². The number of halogens is 3. The molecule has 4 nitrogen and oxygen atoms in total. The fourth-order valence-electron chi connectivity index (χ4n) is 0.945. The van der Waals surface area contributed by atoms with Crippen LogP contribution in [-0.4, -0.2) is 55.4 Å². The summed E-state index contributed by atoms with van der Waals surface area (Å²) in [6, 6.07) is 0.782. The van der Waals surface area contributed by atoms with Crippen molar-refractivity contribution in [3.63, 3.8) is 0 Å². The fourth-order valence-corrected chi connectivity index (χ4v) is 0.945. The lowest BCUT2D eigenvalue weighted by Crippen LogP contribution is -2.48. The van der Waals surface area contributed by atoms with Gasteiger partial charge in [0.1, 0.15) is 0 Å². The smallest absolute Gasteiger partial charge is 0.475 e. The van der Waals surface area contributed by atoms with Crippen LogP contribution in [-0.2, 0) is 4.79 Å². The number of carbonyl (C=O) groups is 1. The zero-order chi connectivity index (χ0) is 12.1. The van der Waals surface area contributed by atoms with Gasteiger partial charge in [0.2, 0.25) is 0 Å². The van der Waals surface area contributed by atoms with Gasteiger partial charge in [-0.25, -0.2) is 4.79 Å². The minimum absolute atomic E-state index is 0.782. The van der Waals surface area contributed by atoms with Gasteiger partial charge in [-0.15, -0.1) is 0 Å². The zero-order valence-corrected chi connectivity index (χ0v) is 8.64. The molecule has 15 heavy (non-hydrogen) atoms. The molecule has 1 aliphatic heterocycles. The van der Waals surface area contributed by atoms with E-state index in [0.29, 0.717) is 0 Å². The fraction of sp³-hybridized carbons (Fsp3) is 0.875. The minimum atomic E-state index is -5.08. The zero-order valence-electron chi connectivity index (χ0n) is 8.64. The molecule has 0 saturated carbocycles. The van der Waals surface area contributed by atoms with Crippen molar-refractivity contribution >= 4 is 5.97 Å². The van der Waals surface area contributed by atoms with Gasteiger partial charge in [-0.3, -0.25) is 0 Å². The van der Waals surface area contributed by atoms with Gasteiger partial charge in [-0.2, -0.15) is 13.2 Å². The Morgan fingerprint density at radius 2 is 1.93 bits per heavy atom. The van der Waals surface area contributed by atoms with Gasteiger partial charge in [0.15, 0.2) is 0 Å². The third-order valence-corrected chi connectivity index (χ3v) is 1.75. The number of aliphatic carboxylic acids is 1. The van der Waals surface area contributed by atoms with Crippen molar-refractivity contribution in [1.82, 2.24) is 10.2 Å². The predicted molar refractivity (Wildman–Crippen MR) is 48.7 cm³/mol. The maximum Gasteiger partial charge on any atom is 0.490 e. The maximum atomic E-state index is 10.6. The molecule has 0 aliphatic carbocycles. The average molecular weight is 228 g/mol. The molecule has 0 aromatic carbocycles. The summed E-state index contributed by atoms with van der Waals surface area (Å²) in [6.45, 7) is 2.42. The molecule has 0 spiro atoms. The normalized spacial score (nSPS) is 20.3. The Labute approximate surface area is 86.1 Å². The summed E-state index contributed by atoms with van der Waals surface area (Å²) >= 11 is 0. The SMILES string of the molecule is CN(C)C[C@@H]1CCN1.O=C(O)C(F)(F)F. The molecule has 1 rings (SSSR count). The lowest BCUT2D eigenvalue weighted by atomic mass is 10.1. The van der Waals surface area contributed by atoms with Crippen LogP contribution in [0.25, 0.3) is 0 Å². The lowest BCUT2D eigenvalue weighted by Gasteiger charge is -2.29. The minimum Gasteiger partial charge on any atom is -0.475 e. The molecular formula is C8H15F3N2O2. The molecule has 1 fully saturated rings. The van der Waals surface area contributed by atoms with Gasteiger partial charge >= 0.3 is 12.1 Å². The Morgan fingerprint density at radius 3 is 2.00 bits per heavy atom. The van der Waals surface area contributed by atoms with Crippen molar-refractivity contribution in [3.8, 4) is 0 Å². The second-order valence-corrected chi connectivity index (χ2v) is 3.50. The summed E-state index contributed by atoms with van der Waals surface area (Å²) in [5.74, 6) is -2.76. The first-order valence-corrected chi connectivity index (χ1v) is 4.41. The van der Waals surface area contributed by atoms with Crippen LogP contribution in [0.1, 0.15) is 6.42 Å². The summed E-state index contributed by atoms with van der Waals surface area (Å²) in [5, 5.41) is 10.5. The number of nitrogens with zero attached hydrogens (tertiary/aromatic N) is 1. The van der Waals surface area contributed by atoms with Gasteiger partial charge in [-0.1, -0.05) is 0 Å². The van der Waals surface area contributed by atoms with Crippen LogP contribution in [0, 0.1) is 0 Å². The third-order valence-electron chi connectivity index (χ3n) is 1.75. The quantitative estimate of drug-likeness (QED) is 0.724. The first-order chi connectivity index (χ1) is 6.73. The number of rotatable bonds is 2. The van der Waals surface area contributed by atoms with Crippen LogP contribution in [0.4, 0.5) is 13.2 Å². The number of nitrogens with one attached hydrogen (secondary N) is 1. The molecule has 0 bridgehead atoms. The van der Waals surface area contributed by atoms with Crippen molar-refractivity contribution < 1.29 is 23.1 Å². The van der Waals surface area contributed by atoms with Gasteiger partial charge in [0.05, 0.1) is 0 Å². The molecular weight excluding hydrogens is 213 g/mol. The highest BCUT2D eigenvalue weighted by atomic mass is 19.4. The molecule has 1 atom stereocenters. The Bertz CT molecular complexity index is 203. The van der Waals surface area contributed by atoms with E-state index in [0.717, 1.165) is 6.04 Å². The second kappa shape index (κ2) is 5.92. The second-order valence-electron chi connectivity index (χ2n) is 3.50. The summed E-state index contributed by atoms with van der Waals surface area (Å²) in [7, 11) is 4.22. The number of carboxylic acid groups (broad SMARTS) is 1. The van der Waals surface area contributed by atoms with E-state index in [1.54, 1.807) is 0 Å². The number of carboxylic acids is 1. The van der Waals surface area contributed by atoms with Crippen molar-refractivity contribution in [2.45, 2.75) is 18.6 Å². The van der Waals surface area contributed by atoms with Crippen molar-refractivity contribution in [2.24, 2.45) is 0 Å². The van der Waals surface area contributed by atoms with E-state index in [2.05, 4.69) is 24.3 Å². The Kier molecular flexibility index (Phi) is 5.59. The highest BCUT2D eigenvalue weighted by Crippen LogP contribution is 2.13. The van der Waals surface area contributed by atoms with Crippen LogP contribution in [0.2, 0.25) is 0 Å². The largest absolute Gasteiger partial charge is 0.490 e. The third kappa shape index (κ3) is 7.15. The highest BCUT2D eigenvalue weighted by molar-refractivity contribution is 5.73. The number of hydrogen-bond acceptors (Lipinski definition) is 3. The molecule has 1 saturated heterocycles. The molecule has 0 unspecified atom stereocenters. The van der Waals surface area contributed by atoms with Crippen LogP contribution in [0.15, 0.2) is 0 Å². The van der Waals surface area contributed by atoms with Gasteiger partial charge < -0.3 is 15.3 Å². The number of hydrogen-bond donors (Lipinski definition) is 2. The highest BCUT2D eigenvalue weighted by Gasteiger charge is 2.38. The van der Waals surface area contributed by atoms with E-state index < -0.39 is 12.1 Å². The van der Waals surface area contributed by atoms with Crippen molar-refractivity contribution in [2.75, 3.05) is 27.2 Å². The first kappa shape index (κ1) is 14.2. The summed E-state index contributed by atoms with van der Waals surface area (Å²) in [5.41, 5.74) is 0. The van der Waals surface area contributed by atoms with Crippen LogP contribution >= 0.6 is 0 Å². The van der Waals surface area contributed by atoms with E-state index in [1.807, 2.05) is 0 Å². The van der Waals surface area contributed by atoms with E-state index >= 15 is 0 Å². The molecule has 90 valence electrons. The van der Waals surface area contributed by atoms with E-state index in [1.165, 1.54) is 19.5 Å². The molecule has 1 aliphatic rings. The van der Waals surface area contributed by atoms with Gasteiger partial charge in [0.25, 0.3) is 0 Å². The van der Waals surface area contributed by atoms with E-state index in [-0.39, 0.29) is 0 Å². The molecule has 0 radical (unpaired) electrons. The molecule has 0 aromatic heterocycles. The first-order valence-electron chi connectivity index (χ1n) is 4.41. The summed E-state index contributed by atoms with van der Waals surface area (Å²) < 4.78 is 31.7. The van der Waals surface area contributed by atoms with Crippen LogP contribution in [0.5, 0.6) is 0 Å². The Balaban J connectivity index is 0.000000265. The van der Waals surface area contributed by atoms with Crippen molar-refractivity contribution in [3.05, 3.63) is 0 Å². The maximum absolute atomic E-state index is 10.6. The summed E-state index contributed by atoms with van der Waals surface area (Å²) in [6.07, 6.45) is -3.72. The van der Waals surface area contributed by atoms with E-state index in [4.69, 9.17) is 9.90 Å². The summed E-state index contributed by atoms with van der Waals surface area (Å²) in [4.78, 5) is 11.1. The number of alkyl halides is 3. The van der Waals surface area contributed by atoms with Crippen LogP contribution in [0.3, 0.4) is 0 Å². The molecule has 2 N–H and O–H groups in total. The predicted octanol–water partition coefficient (Wildman–Crippen LogP) is 0.543. The topological polar surface area (TPSA) is 52.6 Å². The molecule has 0 aromatic rings. The monoisotopic (exact) mass is 228 g/mol. The number of likely N-dealkylation sites (N-methyl/N-ethyl adjacent to an activating group) is 1. The Hall–Kier alpha value is -0.820. The van der Waals surface area contributed by atoms with Gasteiger partial charge in [0, 0.05) is 12.6 Å².